The van der Waals surface area contributed by atoms with Crippen LogP contribution in [-0.2, 0) is 38.5 Å². The number of amides is 1. The van der Waals surface area contributed by atoms with E-state index in [9.17, 15) is 24.3 Å². The van der Waals surface area contributed by atoms with Gasteiger partial charge in [-0.25, -0.2) is 29.5 Å². The van der Waals surface area contributed by atoms with Crippen LogP contribution in [0.2, 0.25) is 0 Å². The highest BCUT2D eigenvalue weighted by Gasteiger charge is 2.28. The molecule has 20 heteroatoms. The van der Waals surface area contributed by atoms with Gasteiger partial charge in [-0.1, -0.05) is 31.5 Å². The van der Waals surface area contributed by atoms with Crippen LogP contribution in [-0.4, -0.2) is 102 Å². The zero-order valence-corrected chi connectivity index (χ0v) is 34.9. The topological polar surface area (TPSA) is 290 Å². The summed E-state index contributed by atoms with van der Waals surface area (Å²) in [7, 11) is 0. The van der Waals surface area contributed by atoms with Crippen molar-refractivity contribution in [1.29, 1.82) is 0 Å². The monoisotopic (exact) mass is 852 g/mol. The van der Waals surface area contributed by atoms with Crippen molar-refractivity contribution in [2.45, 2.75) is 77.6 Å². The predicted octanol–water partition coefficient (Wildman–Crippen LogP) is 3.93. The second kappa shape index (κ2) is 20.6. The van der Waals surface area contributed by atoms with Crippen molar-refractivity contribution >= 4 is 68.6 Å². The molecule has 0 fully saturated rings. The van der Waals surface area contributed by atoms with Gasteiger partial charge in [-0.2, -0.15) is 4.98 Å². The van der Waals surface area contributed by atoms with Gasteiger partial charge in [0, 0.05) is 29.6 Å². The largest absolute Gasteiger partial charge is 0.508 e. The lowest BCUT2D eigenvalue weighted by Gasteiger charge is -2.26. The maximum absolute atomic E-state index is 12.9. The summed E-state index contributed by atoms with van der Waals surface area (Å²) in [6.45, 7) is 7.77. The smallest absolute Gasteiger partial charge is 0.480 e. The number of nitrogen functional groups attached to an aromatic ring is 2. The standard InChI is InChI=1S/C42H52N12O8/c1-4-5-12-31-51-32-34(28-9-6-7-10-29(28)49-35(32)43)54(31)24-42(2,3)62-41(59)61-21-20-60-19-18-45-17-8-11-30(39(57)58)50-37(55)25-13-15-26(16-14-25)46-22-27-23-47-36-33(48-27)38(56)53-40(44)52-36/h6-7,9-10,13-16,23,30,45-46H,4-5,8,11-12,17-22,24H2,1-3H3,(H2,43,49)(H,50,55)(H,57,58)(H3,44,47,52,53,56). The number of nitrogens with zero attached hydrogens (tertiary/aromatic N) is 6. The van der Waals surface area contributed by atoms with Crippen molar-refractivity contribution in [2.75, 3.05) is 49.7 Å². The van der Waals surface area contributed by atoms with Gasteiger partial charge < -0.3 is 51.3 Å². The molecule has 62 heavy (non-hydrogen) atoms. The summed E-state index contributed by atoms with van der Waals surface area (Å²) >= 11 is 0. The zero-order chi connectivity index (χ0) is 44.2. The van der Waals surface area contributed by atoms with E-state index in [1.54, 1.807) is 24.3 Å². The Morgan fingerprint density at radius 1 is 0.952 bits per heavy atom. The van der Waals surface area contributed by atoms with Crippen molar-refractivity contribution in [3.8, 4) is 0 Å². The number of carboxylic acid groups (broad SMARTS) is 1. The second-order valence-corrected chi connectivity index (χ2v) is 15.2. The average molecular weight is 853 g/mol. The maximum atomic E-state index is 12.9. The van der Waals surface area contributed by atoms with Crippen LogP contribution < -0.4 is 33.0 Å². The van der Waals surface area contributed by atoms with E-state index in [0.717, 1.165) is 41.5 Å². The number of nitrogens with one attached hydrogen (secondary N) is 4. The molecule has 0 saturated heterocycles. The molecule has 0 aliphatic heterocycles. The lowest BCUT2D eigenvalue weighted by Crippen LogP contribution is -2.41. The van der Waals surface area contributed by atoms with E-state index in [4.69, 9.17) is 30.7 Å². The molecule has 0 saturated carbocycles. The first-order chi connectivity index (χ1) is 29.8. The first kappa shape index (κ1) is 44.6. The number of carbonyl (C=O) groups is 3. The van der Waals surface area contributed by atoms with E-state index in [0.29, 0.717) is 55.4 Å². The van der Waals surface area contributed by atoms with Gasteiger partial charge in [0.05, 0.1) is 49.2 Å². The molecule has 9 N–H and O–H groups in total. The Kier molecular flexibility index (Phi) is 14.8. The van der Waals surface area contributed by atoms with E-state index in [-0.39, 0.29) is 48.9 Å². The summed E-state index contributed by atoms with van der Waals surface area (Å²) < 4.78 is 18.7. The number of anilines is 3. The number of carboxylic acids is 1. The molecule has 1 atom stereocenters. The molecule has 4 aromatic heterocycles. The quantitative estimate of drug-likeness (QED) is 0.0376. The molecule has 328 valence electrons. The molecule has 0 aliphatic carbocycles. The normalized spacial score (nSPS) is 12.1. The van der Waals surface area contributed by atoms with E-state index in [2.05, 4.69) is 52.4 Å². The first-order valence-corrected chi connectivity index (χ1v) is 20.4. The average Bonchev–Trinajstić information content (AvgIpc) is 3.59. The fraction of sp³-hybridized carbons (Fsp3) is 0.405. The number of para-hydroxylation sites is 1. The van der Waals surface area contributed by atoms with Crippen LogP contribution in [0.5, 0.6) is 0 Å². The van der Waals surface area contributed by atoms with Crippen molar-refractivity contribution in [3.05, 3.63) is 82.2 Å². The van der Waals surface area contributed by atoms with Crippen LogP contribution in [0.25, 0.3) is 33.1 Å². The Morgan fingerprint density at radius 2 is 1.74 bits per heavy atom. The highest BCUT2D eigenvalue weighted by molar-refractivity contribution is 6.06. The number of aromatic nitrogens is 7. The summed E-state index contributed by atoms with van der Waals surface area (Å²) in [5.41, 5.74) is 14.3. The van der Waals surface area contributed by atoms with Gasteiger partial charge in [0.15, 0.2) is 17.0 Å². The van der Waals surface area contributed by atoms with Crippen LogP contribution in [0, 0.1) is 0 Å². The minimum atomic E-state index is -1.14. The van der Waals surface area contributed by atoms with Crippen molar-refractivity contribution in [3.63, 3.8) is 0 Å². The van der Waals surface area contributed by atoms with Crippen LogP contribution >= 0.6 is 0 Å². The van der Waals surface area contributed by atoms with Gasteiger partial charge in [-0.05, 0) is 70.0 Å². The van der Waals surface area contributed by atoms with Crippen LogP contribution in [0.1, 0.15) is 68.3 Å². The maximum Gasteiger partial charge on any atom is 0.508 e. The van der Waals surface area contributed by atoms with Crippen molar-refractivity contribution in [1.82, 2.24) is 45.1 Å². The number of aliphatic carboxylic acids is 1. The Morgan fingerprint density at radius 3 is 2.52 bits per heavy atom. The molecule has 4 heterocycles. The highest BCUT2D eigenvalue weighted by atomic mass is 16.7. The molecular formula is C42H52N12O8. The Bertz CT molecular complexity index is 2580. The first-order valence-electron chi connectivity index (χ1n) is 20.4. The number of imidazole rings is 1. The Hall–Kier alpha value is -6.93. The third-order valence-corrected chi connectivity index (χ3v) is 9.77. The van der Waals surface area contributed by atoms with Crippen LogP contribution in [0.3, 0.4) is 0 Å². The fourth-order valence-electron chi connectivity index (χ4n) is 6.74. The summed E-state index contributed by atoms with van der Waals surface area (Å²) in [5, 5.41) is 19.5. The summed E-state index contributed by atoms with van der Waals surface area (Å²) in [6, 6.07) is 13.1. The number of ether oxygens (including phenoxy) is 3. The lowest BCUT2D eigenvalue weighted by atomic mass is 10.1. The number of hydrogen-bond donors (Lipinski definition) is 7. The van der Waals surface area contributed by atoms with E-state index >= 15 is 0 Å². The van der Waals surface area contributed by atoms with Gasteiger partial charge in [0.2, 0.25) is 5.95 Å². The Labute approximate surface area is 356 Å². The molecule has 0 bridgehead atoms. The number of H-pyrrole nitrogens is 1. The number of hydrogen-bond acceptors (Lipinski definition) is 16. The third-order valence-electron chi connectivity index (χ3n) is 9.77. The van der Waals surface area contributed by atoms with Crippen LogP contribution in [0.4, 0.5) is 22.2 Å². The molecule has 20 nitrogen and oxygen atoms in total. The van der Waals surface area contributed by atoms with Crippen molar-refractivity contribution in [2.24, 2.45) is 0 Å². The number of nitrogens with two attached hydrogens (primary N) is 2. The number of carbonyl (C=O) groups excluding carboxylic acids is 2. The SMILES string of the molecule is CCCCc1nc2c(N)nc3ccccc3c2n1CC(C)(C)OC(=O)OCCOCCNCCCC(NC(=O)c1ccc(NCc2cnc3nc(N)[nH]c(=O)c3n2)cc1)C(=O)O. The highest BCUT2D eigenvalue weighted by Crippen LogP contribution is 2.31. The summed E-state index contributed by atoms with van der Waals surface area (Å²) in [5.74, 6) is -0.512. The second-order valence-electron chi connectivity index (χ2n) is 15.2. The van der Waals surface area contributed by atoms with E-state index < -0.39 is 35.2 Å². The number of aromatic amines is 1. The molecule has 1 unspecified atom stereocenters. The molecule has 0 radical (unpaired) electrons. The van der Waals surface area contributed by atoms with Crippen molar-refractivity contribution < 1.29 is 33.7 Å². The number of pyridine rings is 1. The molecule has 0 spiro atoms. The number of rotatable bonds is 22. The fourth-order valence-corrected chi connectivity index (χ4v) is 6.74. The van der Waals surface area contributed by atoms with Gasteiger partial charge in [-0.3, -0.25) is 14.6 Å². The van der Waals surface area contributed by atoms with Gasteiger partial charge in [-0.15, -0.1) is 0 Å². The molecule has 0 aliphatic rings. The number of unbranched alkanes of at least 4 members (excludes halogenated alkanes) is 1. The molecule has 1 amide bonds. The third kappa shape index (κ3) is 11.7. The summed E-state index contributed by atoms with van der Waals surface area (Å²) in [4.78, 5) is 73.8. The minimum absolute atomic E-state index is 0.00480. The number of aryl methyl sites for hydroxylation is 1. The predicted molar refractivity (Wildman–Crippen MR) is 233 cm³/mol. The number of fused-ring (bicyclic) bond motifs is 4. The van der Waals surface area contributed by atoms with Gasteiger partial charge in [0.1, 0.15) is 29.6 Å². The van der Waals surface area contributed by atoms with E-state index in [1.165, 1.54) is 6.20 Å². The molecule has 6 rings (SSSR count). The summed E-state index contributed by atoms with van der Waals surface area (Å²) in [6.07, 6.45) is 4.01. The van der Waals surface area contributed by atoms with Gasteiger partial charge >= 0.3 is 12.1 Å². The Balaban J connectivity index is 0.859. The molecular weight excluding hydrogens is 801 g/mol. The lowest BCUT2D eigenvalue weighted by molar-refractivity contribution is -0.139. The zero-order valence-electron chi connectivity index (χ0n) is 34.9. The molecule has 6 aromatic rings. The van der Waals surface area contributed by atoms with Gasteiger partial charge in [0.25, 0.3) is 11.5 Å². The number of benzene rings is 2. The van der Waals surface area contributed by atoms with E-state index in [1.807, 2.05) is 38.1 Å². The minimum Gasteiger partial charge on any atom is -0.480 e. The molecule has 2 aromatic carbocycles. The van der Waals surface area contributed by atoms with Crippen LogP contribution in [0.15, 0.2) is 59.5 Å².